The van der Waals surface area contributed by atoms with Gasteiger partial charge in [-0.05, 0) is 25.8 Å². The van der Waals surface area contributed by atoms with Crippen molar-refractivity contribution in [2.24, 2.45) is 0 Å². The Morgan fingerprint density at radius 3 is 2.70 bits per heavy atom. The van der Waals surface area contributed by atoms with Crippen molar-refractivity contribution in [1.29, 1.82) is 0 Å². The summed E-state index contributed by atoms with van der Waals surface area (Å²) in [5.41, 5.74) is 5.46. The molecule has 0 bridgehead atoms. The van der Waals surface area contributed by atoms with E-state index >= 15 is 0 Å². The summed E-state index contributed by atoms with van der Waals surface area (Å²) in [6.07, 6.45) is 2.56. The van der Waals surface area contributed by atoms with Gasteiger partial charge >= 0.3 is 0 Å². The predicted octanol–water partition coefficient (Wildman–Crippen LogP) is 1.74. The van der Waals surface area contributed by atoms with E-state index in [2.05, 4.69) is 0 Å². The van der Waals surface area contributed by atoms with E-state index in [-0.39, 0.29) is 22.3 Å². The molecule has 1 aliphatic heterocycles. The van der Waals surface area contributed by atoms with Gasteiger partial charge in [0.1, 0.15) is 4.90 Å². The fourth-order valence-electron chi connectivity index (χ4n) is 2.42. The normalized spacial score (nSPS) is 20.8. The molecule has 1 atom stereocenters. The number of rotatable bonds is 3. The number of hydrogen-bond donors (Lipinski definition) is 1. The van der Waals surface area contributed by atoms with Crippen molar-refractivity contribution in [2.75, 3.05) is 12.3 Å². The molecule has 0 aliphatic carbocycles. The molecule has 1 heterocycles. The molecule has 0 radical (unpaired) electrons. The van der Waals surface area contributed by atoms with Crippen LogP contribution in [0.3, 0.4) is 0 Å². The highest BCUT2D eigenvalue weighted by molar-refractivity contribution is 7.89. The Hall–Kier alpha value is -1.67. The fourth-order valence-corrected chi connectivity index (χ4v) is 4.25. The van der Waals surface area contributed by atoms with Gasteiger partial charge in [-0.1, -0.05) is 6.42 Å². The number of benzene rings is 1. The summed E-state index contributed by atoms with van der Waals surface area (Å²) in [5, 5.41) is 10.8. The summed E-state index contributed by atoms with van der Waals surface area (Å²) in [5.74, 6) is 0. The van der Waals surface area contributed by atoms with Crippen molar-refractivity contribution >= 4 is 21.4 Å². The molecule has 2 N–H and O–H groups in total. The van der Waals surface area contributed by atoms with E-state index in [1.807, 2.05) is 6.92 Å². The molecule has 1 aliphatic rings. The SMILES string of the molecule is CC1CCCCN1S(=O)(=O)c1cc([N+](=O)[O-])ccc1N. The molecule has 1 aromatic rings. The first kappa shape index (κ1) is 14.7. The molecule has 1 saturated heterocycles. The zero-order chi connectivity index (χ0) is 14.9. The Morgan fingerprint density at radius 2 is 2.10 bits per heavy atom. The number of sulfonamides is 1. The van der Waals surface area contributed by atoms with E-state index in [0.29, 0.717) is 6.54 Å². The zero-order valence-electron chi connectivity index (χ0n) is 11.2. The van der Waals surface area contributed by atoms with E-state index < -0.39 is 14.9 Å². The van der Waals surface area contributed by atoms with E-state index in [0.717, 1.165) is 25.3 Å². The van der Waals surface area contributed by atoms with Gasteiger partial charge in [0.2, 0.25) is 10.0 Å². The van der Waals surface area contributed by atoms with Crippen LogP contribution in [0.4, 0.5) is 11.4 Å². The Morgan fingerprint density at radius 1 is 1.40 bits per heavy atom. The van der Waals surface area contributed by atoms with Crippen molar-refractivity contribution in [1.82, 2.24) is 4.31 Å². The second-order valence-corrected chi connectivity index (χ2v) is 6.80. The lowest BCUT2D eigenvalue weighted by Gasteiger charge is -2.32. The van der Waals surface area contributed by atoms with E-state index in [1.54, 1.807) is 0 Å². The minimum atomic E-state index is -3.79. The van der Waals surface area contributed by atoms with Crippen molar-refractivity contribution in [3.63, 3.8) is 0 Å². The van der Waals surface area contributed by atoms with Crippen LogP contribution in [0.5, 0.6) is 0 Å². The number of piperidine rings is 1. The van der Waals surface area contributed by atoms with Crippen LogP contribution in [0.15, 0.2) is 23.1 Å². The molecule has 1 fully saturated rings. The highest BCUT2D eigenvalue weighted by Crippen LogP contribution is 2.30. The van der Waals surface area contributed by atoms with Crippen LogP contribution in [0, 0.1) is 10.1 Å². The maximum absolute atomic E-state index is 12.6. The summed E-state index contributed by atoms with van der Waals surface area (Å²) in [6.45, 7) is 2.26. The summed E-state index contributed by atoms with van der Waals surface area (Å²) in [4.78, 5) is 9.98. The maximum atomic E-state index is 12.6. The highest BCUT2D eigenvalue weighted by Gasteiger charge is 2.33. The maximum Gasteiger partial charge on any atom is 0.270 e. The van der Waals surface area contributed by atoms with E-state index in [1.165, 1.54) is 16.4 Å². The molecule has 0 amide bonds. The Bertz CT molecular complexity index is 630. The van der Waals surface area contributed by atoms with Crippen molar-refractivity contribution in [2.45, 2.75) is 37.1 Å². The van der Waals surface area contributed by atoms with Crippen LogP contribution in [0.25, 0.3) is 0 Å². The topological polar surface area (TPSA) is 107 Å². The molecular weight excluding hydrogens is 282 g/mol. The monoisotopic (exact) mass is 299 g/mol. The van der Waals surface area contributed by atoms with Gasteiger partial charge in [0, 0.05) is 24.7 Å². The molecule has 0 spiro atoms. The number of non-ortho nitro benzene ring substituents is 1. The molecule has 110 valence electrons. The lowest BCUT2D eigenvalue weighted by molar-refractivity contribution is -0.385. The smallest absolute Gasteiger partial charge is 0.270 e. The molecule has 2 rings (SSSR count). The first-order valence-corrected chi connectivity index (χ1v) is 7.84. The Labute approximate surface area is 117 Å². The number of nitro benzene ring substituents is 1. The van der Waals surface area contributed by atoms with Crippen LogP contribution in [-0.4, -0.2) is 30.2 Å². The minimum absolute atomic E-state index is 0.0355. The van der Waals surface area contributed by atoms with Gasteiger partial charge in [-0.3, -0.25) is 10.1 Å². The zero-order valence-corrected chi connectivity index (χ0v) is 12.0. The van der Waals surface area contributed by atoms with Gasteiger partial charge in [0.05, 0.1) is 10.6 Å². The van der Waals surface area contributed by atoms with Crippen molar-refractivity contribution < 1.29 is 13.3 Å². The number of nitro groups is 1. The third kappa shape index (κ3) is 2.61. The lowest BCUT2D eigenvalue weighted by Crippen LogP contribution is -2.42. The number of hydrogen-bond acceptors (Lipinski definition) is 5. The van der Waals surface area contributed by atoms with Crippen LogP contribution in [0.1, 0.15) is 26.2 Å². The third-order valence-electron chi connectivity index (χ3n) is 3.54. The average Bonchev–Trinajstić information content (AvgIpc) is 2.39. The van der Waals surface area contributed by atoms with Gasteiger partial charge in [-0.25, -0.2) is 8.42 Å². The molecule has 1 unspecified atom stereocenters. The van der Waals surface area contributed by atoms with Gasteiger partial charge in [-0.2, -0.15) is 4.31 Å². The summed E-state index contributed by atoms with van der Waals surface area (Å²) >= 11 is 0. The molecule has 20 heavy (non-hydrogen) atoms. The number of nitrogens with two attached hydrogens (primary N) is 1. The predicted molar refractivity (Wildman–Crippen MR) is 74.7 cm³/mol. The van der Waals surface area contributed by atoms with Gasteiger partial charge in [-0.15, -0.1) is 0 Å². The molecule has 1 aromatic carbocycles. The van der Waals surface area contributed by atoms with Crippen LogP contribution >= 0.6 is 0 Å². The largest absolute Gasteiger partial charge is 0.398 e. The van der Waals surface area contributed by atoms with E-state index in [9.17, 15) is 18.5 Å². The molecular formula is C12H17N3O4S. The number of anilines is 1. The highest BCUT2D eigenvalue weighted by atomic mass is 32.2. The average molecular weight is 299 g/mol. The summed E-state index contributed by atoms with van der Waals surface area (Å²) in [6, 6.07) is 3.38. The first-order valence-electron chi connectivity index (χ1n) is 6.40. The van der Waals surface area contributed by atoms with Crippen LogP contribution in [0.2, 0.25) is 0 Å². The summed E-state index contributed by atoms with van der Waals surface area (Å²) < 4.78 is 26.6. The van der Waals surface area contributed by atoms with Crippen LogP contribution < -0.4 is 5.73 Å². The van der Waals surface area contributed by atoms with E-state index in [4.69, 9.17) is 5.73 Å². The summed E-state index contributed by atoms with van der Waals surface area (Å²) in [7, 11) is -3.79. The fraction of sp³-hybridized carbons (Fsp3) is 0.500. The molecule has 8 heteroatoms. The van der Waals surface area contributed by atoms with Gasteiger partial charge < -0.3 is 5.73 Å². The third-order valence-corrected chi connectivity index (χ3v) is 5.61. The molecule has 0 saturated carbocycles. The van der Waals surface area contributed by atoms with Crippen molar-refractivity contribution in [3.8, 4) is 0 Å². The number of nitrogens with zero attached hydrogens (tertiary/aromatic N) is 2. The number of nitrogen functional groups attached to an aromatic ring is 1. The van der Waals surface area contributed by atoms with Gasteiger partial charge in [0.25, 0.3) is 5.69 Å². The second-order valence-electron chi connectivity index (χ2n) is 4.94. The first-order chi connectivity index (χ1) is 9.34. The Balaban J connectivity index is 2.48. The molecule has 7 nitrogen and oxygen atoms in total. The van der Waals surface area contributed by atoms with Gasteiger partial charge in [0.15, 0.2) is 0 Å². The lowest BCUT2D eigenvalue weighted by atomic mass is 10.1. The second kappa shape index (κ2) is 5.37. The standard InChI is InChI=1S/C12H17N3O4S/c1-9-4-2-3-7-14(9)20(18,19)12-8-10(15(16)17)5-6-11(12)13/h5-6,8-9H,2-4,7,13H2,1H3. The van der Waals surface area contributed by atoms with Crippen molar-refractivity contribution in [3.05, 3.63) is 28.3 Å². The van der Waals surface area contributed by atoms with Crippen LogP contribution in [-0.2, 0) is 10.0 Å². The Kier molecular flexibility index (Phi) is 3.96. The minimum Gasteiger partial charge on any atom is -0.398 e. The quantitative estimate of drug-likeness (QED) is 0.519. The molecule has 0 aromatic heterocycles.